The summed E-state index contributed by atoms with van der Waals surface area (Å²) >= 11 is 2.24. The number of carbonyl (C=O) groups excluding carboxylic acids is 1. The molecule has 7 heteroatoms. The van der Waals surface area contributed by atoms with Crippen LogP contribution in [0.25, 0.3) is 0 Å². The van der Waals surface area contributed by atoms with E-state index in [1.807, 2.05) is 18.5 Å². The molecule has 0 aliphatic heterocycles. The Balaban J connectivity index is 1.88. The van der Waals surface area contributed by atoms with Crippen LogP contribution in [0, 0.1) is 29.1 Å². The molecular formula is C15H16F2IN3O. The first-order valence-electron chi connectivity index (χ1n) is 6.83. The van der Waals surface area contributed by atoms with Gasteiger partial charge in [-0.3, -0.25) is 9.48 Å². The highest BCUT2D eigenvalue weighted by molar-refractivity contribution is 14.1. The van der Waals surface area contributed by atoms with Gasteiger partial charge in [-0.15, -0.1) is 0 Å². The summed E-state index contributed by atoms with van der Waals surface area (Å²) in [7, 11) is 0. The zero-order chi connectivity index (χ0) is 16.3. The van der Waals surface area contributed by atoms with Crippen molar-refractivity contribution in [1.82, 2.24) is 9.78 Å². The van der Waals surface area contributed by atoms with Gasteiger partial charge in [0.2, 0.25) is 5.91 Å². The van der Waals surface area contributed by atoms with E-state index in [0.717, 1.165) is 33.2 Å². The number of anilines is 1. The standard InChI is InChI=1S/C15H16F2IN3O/c1-9-15(18)10(2)21(20-9)7-3-4-14(22)19-13-8-11(16)5-6-12(13)17/h5-6,8H,3-4,7H2,1-2H3,(H,19,22). The number of nitrogens with zero attached hydrogens (tertiary/aromatic N) is 2. The molecule has 2 rings (SSSR count). The van der Waals surface area contributed by atoms with Gasteiger partial charge in [0.25, 0.3) is 0 Å². The van der Waals surface area contributed by atoms with E-state index >= 15 is 0 Å². The molecule has 0 saturated carbocycles. The summed E-state index contributed by atoms with van der Waals surface area (Å²) in [6, 6.07) is 2.97. The number of benzene rings is 1. The zero-order valence-corrected chi connectivity index (χ0v) is 14.4. The van der Waals surface area contributed by atoms with E-state index in [2.05, 4.69) is 33.0 Å². The van der Waals surface area contributed by atoms with Crippen LogP contribution in [0.4, 0.5) is 14.5 Å². The van der Waals surface area contributed by atoms with Crippen LogP contribution in [0.2, 0.25) is 0 Å². The van der Waals surface area contributed by atoms with Crippen molar-refractivity contribution in [3.8, 4) is 0 Å². The Morgan fingerprint density at radius 3 is 2.73 bits per heavy atom. The molecule has 1 heterocycles. The lowest BCUT2D eigenvalue weighted by molar-refractivity contribution is -0.116. The molecule has 0 radical (unpaired) electrons. The van der Waals surface area contributed by atoms with Crippen LogP contribution in [0.5, 0.6) is 0 Å². The summed E-state index contributed by atoms with van der Waals surface area (Å²) in [6.07, 6.45) is 0.783. The summed E-state index contributed by atoms with van der Waals surface area (Å²) < 4.78 is 29.4. The third-order valence-corrected chi connectivity index (χ3v) is 4.83. The van der Waals surface area contributed by atoms with E-state index in [-0.39, 0.29) is 18.0 Å². The van der Waals surface area contributed by atoms with Crippen LogP contribution in [-0.4, -0.2) is 15.7 Å². The third-order valence-electron chi connectivity index (χ3n) is 3.27. The summed E-state index contributed by atoms with van der Waals surface area (Å²) in [6.45, 7) is 4.52. The Morgan fingerprint density at radius 1 is 1.36 bits per heavy atom. The Morgan fingerprint density at radius 2 is 2.09 bits per heavy atom. The molecule has 2 aromatic rings. The van der Waals surface area contributed by atoms with E-state index in [0.29, 0.717) is 13.0 Å². The lowest BCUT2D eigenvalue weighted by Gasteiger charge is -2.07. The lowest BCUT2D eigenvalue weighted by Crippen LogP contribution is -2.14. The van der Waals surface area contributed by atoms with Crippen molar-refractivity contribution in [2.45, 2.75) is 33.2 Å². The molecule has 0 aliphatic rings. The van der Waals surface area contributed by atoms with Crippen LogP contribution < -0.4 is 5.32 Å². The Hall–Kier alpha value is -1.51. The number of aryl methyl sites for hydroxylation is 2. The van der Waals surface area contributed by atoms with Crippen LogP contribution >= 0.6 is 22.6 Å². The quantitative estimate of drug-likeness (QED) is 0.750. The summed E-state index contributed by atoms with van der Waals surface area (Å²) in [4.78, 5) is 11.8. The number of carbonyl (C=O) groups is 1. The van der Waals surface area contributed by atoms with Crippen molar-refractivity contribution in [3.05, 3.63) is 44.8 Å². The fourth-order valence-electron chi connectivity index (χ4n) is 2.09. The van der Waals surface area contributed by atoms with Gasteiger partial charge in [-0.2, -0.15) is 5.10 Å². The molecule has 0 bridgehead atoms. The maximum absolute atomic E-state index is 13.4. The molecule has 0 unspecified atom stereocenters. The molecule has 1 aromatic heterocycles. The first-order chi connectivity index (χ1) is 10.4. The predicted octanol–water partition coefficient (Wildman–Crippen LogP) is 3.80. The first-order valence-corrected chi connectivity index (χ1v) is 7.90. The highest BCUT2D eigenvalue weighted by Gasteiger charge is 2.10. The van der Waals surface area contributed by atoms with E-state index in [1.54, 1.807) is 0 Å². The largest absolute Gasteiger partial charge is 0.324 e. The molecule has 0 atom stereocenters. The minimum atomic E-state index is -0.650. The summed E-state index contributed by atoms with van der Waals surface area (Å²) in [5.41, 5.74) is 1.89. The van der Waals surface area contributed by atoms with E-state index in [1.165, 1.54) is 0 Å². The normalized spacial score (nSPS) is 10.8. The van der Waals surface area contributed by atoms with Crippen LogP contribution in [0.15, 0.2) is 18.2 Å². The number of nitrogens with one attached hydrogen (secondary N) is 1. The topological polar surface area (TPSA) is 46.9 Å². The Labute approximate surface area is 141 Å². The first kappa shape index (κ1) is 16.9. The fourth-order valence-corrected chi connectivity index (χ4v) is 2.47. The zero-order valence-electron chi connectivity index (χ0n) is 12.3. The summed E-state index contributed by atoms with van der Waals surface area (Å²) in [5.74, 6) is -1.59. The average Bonchev–Trinajstić information content (AvgIpc) is 2.70. The molecule has 1 N–H and O–H groups in total. The molecule has 1 amide bonds. The van der Waals surface area contributed by atoms with Gasteiger partial charge in [0.15, 0.2) is 0 Å². The molecule has 118 valence electrons. The molecular weight excluding hydrogens is 403 g/mol. The third kappa shape index (κ3) is 4.02. The average molecular weight is 419 g/mol. The van der Waals surface area contributed by atoms with E-state index in [9.17, 15) is 13.6 Å². The summed E-state index contributed by atoms with van der Waals surface area (Å²) in [5, 5.41) is 6.77. The number of hydrogen-bond acceptors (Lipinski definition) is 2. The number of hydrogen-bond donors (Lipinski definition) is 1. The Kier molecular flexibility index (Phi) is 5.49. The van der Waals surface area contributed by atoms with E-state index in [4.69, 9.17) is 0 Å². The van der Waals surface area contributed by atoms with Crippen LogP contribution in [-0.2, 0) is 11.3 Å². The smallest absolute Gasteiger partial charge is 0.224 e. The van der Waals surface area contributed by atoms with Gasteiger partial charge in [-0.1, -0.05) is 0 Å². The van der Waals surface area contributed by atoms with Gasteiger partial charge in [-0.05, 0) is 55.0 Å². The monoisotopic (exact) mass is 419 g/mol. The minimum absolute atomic E-state index is 0.134. The molecule has 0 fully saturated rings. The maximum atomic E-state index is 13.4. The van der Waals surface area contributed by atoms with Gasteiger partial charge < -0.3 is 5.32 Å². The molecule has 1 aromatic carbocycles. The SMILES string of the molecule is Cc1nn(CCCC(=O)Nc2cc(F)ccc2F)c(C)c1I. The van der Waals surface area contributed by atoms with Gasteiger partial charge in [-0.25, -0.2) is 8.78 Å². The predicted molar refractivity (Wildman–Crippen MR) is 88.6 cm³/mol. The number of aromatic nitrogens is 2. The van der Waals surface area contributed by atoms with Crippen molar-refractivity contribution in [3.63, 3.8) is 0 Å². The fraction of sp³-hybridized carbons (Fsp3) is 0.333. The van der Waals surface area contributed by atoms with Crippen molar-refractivity contribution in [2.24, 2.45) is 0 Å². The molecule has 0 saturated heterocycles. The molecule has 0 aliphatic carbocycles. The van der Waals surface area contributed by atoms with Crippen LogP contribution in [0.3, 0.4) is 0 Å². The Bertz CT molecular complexity index is 700. The number of halogens is 3. The molecule has 22 heavy (non-hydrogen) atoms. The number of amides is 1. The minimum Gasteiger partial charge on any atom is -0.324 e. The van der Waals surface area contributed by atoms with E-state index < -0.39 is 11.6 Å². The second-order valence-electron chi connectivity index (χ2n) is 4.98. The van der Waals surface area contributed by atoms with Crippen molar-refractivity contribution in [1.29, 1.82) is 0 Å². The van der Waals surface area contributed by atoms with Crippen LogP contribution in [0.1, 0.15) is 24.2 Å². The molecule has 0 spiro atoms. The second kappa shape index (κ2) is 7.17. The molecule has 4 nitrogen and oxygen atoms in total. The van der Waals surface area contributed by atoms with Gasteiger partial charge in [0.05, 0.1) is 15.0 Å². The lowest BCUT2D eigenvalue weighted by atomic mass is 10.2. The van der Waals surface area contributed by atoms with Gasteiger partial charge in [0, 0.05) is 24.7 Å². The highest BCUT2D eigenvalue weighted by Crippen LogP contribution is 2.17. The van der Waals surface area contributed by atoms with Gasteiger partial charge in [0.1, 0.15) is 11.6 Å². The highest BCUT2D eigenvalue weighted by atomic mass is 127. The second-order valence-corrected chi connectivity index (χ2v) is 6.06. The van der Waals surface area contributed by atoms with Gasteiger partial charge >= 0.3 is 0 Å². The van der Waals surface area contributed by atoms with Crippen molar-refractivity contribution < 1.29 is 13.6 Å². The van der Waals surface area contributed by atoms with Crippen molar-refractivity contribution >= 4 is 34.2 Å². The van der Waals surface area contributed by atoms with Crippen molar-refractivity contribution in [2.75, 3.05) is 5.32 Å². The number of rotatable bonds is 5. The maximum Gasteiger partial charge on any atom is 0.224 e.